The Hall–Kier alpha value is -0.530. The van der Waals surface area contributed by atoms with E-state index in [4.69, 9.17) is 14.9 Å². The quantitative estimate of drug-likeness (QED) is 0.575. The molecule has 114 valence electrons. The number of likely N-dealkylation sites (tertiary alicyclic amines) is 1. The number of nitrogens with one attached hydrogen (secondary N) is 1. The summed E-state index contributed by atoms with van der Waals surface area (Å²) in [6, 6.07) is 0.559. The fourth-order valence-corrected chi connectivity index (χ4v) is 2.12. The molecule has 6 nitrogen and oxygen atoms in total. The average Bonchev–Trinajstić information content (AvgIpc) is 2.87. The fourth-order valence-electron chi connectivity index (χ4n) is 2.12. The predicted octanol–water partition coefficient (Wildman–Crippen LogP) is -0.756. The summed E-state index contributed by atoms with van der Waals surface area (Å²) in [5.41, 5.74) is 0. The Morgan fingerprint density at radius 2 is 2.05 bits per heavy atom. The molecule has 6 heteroatoms. The number of hydrogen-bond donors (Lipinski definition) is 3. The third kappa shape index (κ3) is 7.59. The van der Waals surface area contributed by atoms with Crippen LogP contribution in [0.3, 0.4) is 0 Å². The number of hydrogen-bond acceptors (Lipinski definition) is 6. The van der Waals surface area contributed by atoms with Crippen LogP contribution in [-0.2, 0) is 9.53 Å². The van der Waals surface area contributed by atoms with Crippen LogP contribution in [0.15, 0.2) is 0 Å². The normalized spacial score (nSPS) is 30.7. The highest BCUT2D eigenvalue weighted by molar-refractivity contribution is 5.57. The molecule has 3 N–H and O–H groups in total. The Balaban J connectivity index is 0.000000303. The van der Waals surface area contributed by atoms with E-state index in [0.717, 1.165) is 39.4 Å². The largest absolute Gasteiger partial charge is 0.400 e. The lowest BCUT2D eigenvalue weighted by molar-refractivity contribution is -0.111. The smallest absolute Gasteiger partial charge is 0.137 e. The SMILES string of the molecule is CN1CCCC1C=O.CNC1COCC(O)C1.CO. The van der Waals surface area contributed by atoms with Gasteiger partial charge in [-0.1, -0.05) is 0 Å². The minimum atomic E-state index is -0.267. The van der Waals surface area contributed by atoms with Gasteiger partial charge in [0.15, 0.2) is 0 Å². The van der Waals surface area contributed by atoms with Gasteiger partial charge in [-0.3, -0.25) is 4.90 Å². The lowest BCUT2D eigenvalue weighted by atomic mass is 10.1. The molecule has 0 aromatic carbocycles. The first-order chi connectivity index (χ1) is 9.17. The van der Waals surface area contributed by atoms with Crippen molar-refractivity contribution in [2.75, 3.05) is 41.0 Å². The molecule has 0 aromatic rings. The average molecular weight is 276 g/mol. The molecule has 2 saturated heterocycles. The van der Waals surface area contributed by atoms with Crippen LogP contribution in [0.5, 0.6) is 0 Å². The Morgan fingerprint density at radius 3 is 2.37 bits per heavy atom. The molecule has 0 aliphatic carbocycles. The fraction of sp³-hybridized carbons (Fsp3) is 0.923. The van der Waals surface area contributed by atoms with Crippen molar-refractivity contribution in [1.29, 1.82) is 0 Å². The molecule has 3 atom stereocenters. The van der Waals surface area contributed by atoms with Crippen molar-refractivity contribution >= 4 is 6.29 Å². The summed E-state index contributed by atoms with van der Waals surface area (Å²) in [5, 5.41) is 19.1. The molecule has 0 saturated carbocycles. The maximum absolute atomic E-state index is 10.2. The van der Waals surface area contributed by atoms with E-state index < -0.39 is 0 Å². The monoisotopic (exact) mass is 276 g/mol. The maximum Gasteiger partial charge on any atom is 0.137 e. The number of aliphatic hydroxyl groups excluding tert-OH is 2. The van der Waals surface area contributed by atoms with Gasteiger partial charge in [0.1, 0.15) is 6.29 Å². The zero-order valence-corrected chi connectivity index (χ0v) is 12.2. The molecule has 2 fully saturated rings. The molecule has 2 aliphatic heterocycles. The van der Waals surface area contributed by atoms with Crippen LogP contribution in [0.4, 0.5) is 0 Å². The van der Waals surface area contributed by atoms with Crippen LogP contribution in [0.2, 0.25) is 0 Å². The van der Waals surface area contributed by atoms with Crippen molar-refractivity contribution < 1.29 is 19.7 Å². The van der Waals surface area contributed by atoms with E-state index in [9.17, 15) is 4.79 Å². The van der Waals surface area contributed by atoms with Crippen LogP contribution < -0.4 is 5.32 Å². The second-order valence-corrected chi connectivity index (χ2v) is 4.74. The van der Waals surface area contributed by atoms with Crippen LogP contribution in [0.25, 0.3) is 0 Å². The van der Waals surface area contributed by atoms with E-state index in [1.807, 2.05) is 14.1 Å². The summed E-state index contributed by atoms with van der Waals surface area (Å²) in [6.07, 6.45) is 3.82. The molecule has 2 aliphatic rings. The Morgan fingerprint density at radius 1 is 1.37 bits per heavy atom. The Bertz CT molecular complexity index is 229. The number of aliphatic hydroxyl groups is 2. The number of likely N-dealkylation sites (N-methyl/N-ethyl adjacent to an activating group) is 2. The van der Waals surface area contributed by atoms with Gasteiger partial charge >= 0.3 is 0 Å². The summed E-state index contributed by atoms with van der Waals surface area (Å²) in [7, 11) is 4.87. The van der Waals surface area contributed by atoms with Crippen LogP contribution in [0, 0.1) is 0 Å². The molecule has 0 spiro atoms. The molecule has 3 unspecified atom stereocenters. The van der Waals surface area contributed by atoms with Crippen molar-refractivity contribution in [2.24, 2.45) is 0 Å². The molecular formula is C13H28N2O4. The maximum atomic E-state index is 10.2. The zero-order valence-electron chi connectivity index (χ0n) is 12.2. The first-order valence-electron chi connectivity index (χ1n) is 6.70. The van der Waals surface area contributed by atoms with Gasteiger partial charge in [0.25, 0.3) is 0 Å². The summed E-state index contributed by atoms with van der Waals surface area (Å²) in [6.45, 7) is 2.31. The minimum absolute atomic E-state index is 0.218. The molecule has 0 bridgehead atoms. The highest BCUT2D eigenvalue weighted by atomic mass is 16.5. The molecule has 0 radical (unpaired) electrons. The predicted molar refractivity (Wildman–Crippen MR) is 74.1 cm³/mol. The van der Waals surface area contributed by atoms with Crippen molar-refractivity contribution in [3.63, 3.8) is 0 Å². The van der Waals surface area contributed by atoms with Gasteiger partial charge in [-0.2, -0.15) is 0 Å². The van der Waals surface area contributed by atoms with Gasteiger partial charge in [0, 0.05) is 13.2 Å². The summed E-state index contributed by atoms with van der Waals surface area (Å²) in [5.74, 6) is 0. The Kier molecular flexibility index (Phi) is 11.0. The van der Waals surface area contributed by atoms with Gasteiger partial charge < -0.3 is 25.1 Å². The number of aldehydes is 1. The topological polar surface area (TPSA) is 82.0 Å². The number of carbonyl (C=O) groups excluding carboxylic acids is 1. The van der Waals surface area contributed by atoms with Crippen molar-refractivity contribution in [3.8, 4) is 0 Å². The van der Waals surface area contributed by atoms with E-state index in [1.165, 1.54) is 6.42 Å². The number of nitrogens with zero attached hydrogens (tertiary/aromatic N) is 1. The van der Waals surface area contributed by atoms with E-state index in [0.29, 0.717) is 12.6 Å². The molecular weight excluding hydrogens is 248 g/mol. The number of ether oxygens (including phenoxy) is 1. The van der Waals surface area contributed by atoms with Gasteiger partial charge in [0.2, 0.25) is 0 Å². The summed E-state index contributed by atoms with van der Waals surface area (Å²) >= 11 is 0. The zero-order chi connectivity index (χ0) is 14.7. The first kappa shape index (κ1) is 18.5. The van der Waals surface area contributed by atoms with E-state index in [1.54, 1.807) is 0 Å². The number of rotatable bonds is 2. The minimum Gasteiger partial charge on any atom is -0.400 e. The second-order valence-electron chi connectivity index (χ2n) is 4.74. The molecule has 2 rings (SSSR count). The van der Waals surface area contributed by atoms with Gasteiger partial charge in [0.05, 0.1) is 25.4 Å². The van der Waals surface area contributed by atoms with E-state index >= 15 is 0 Å². The van der Waals surface area contributed by atoms with Crippen LogP contribution in [0.1, 0.15) is 19.3 Å². The van der Waals surface area contributed by atoms with Gasteiger partial charge in [-0.05, 0) is 39.9 Å². The lowest BCUT2D eigenvalue weighted by Crippen LogP contribution is -2.40. The van der Waals surface area contributed by atoms with Crippen molar-refractivity contribution in [2.45, 2.75) is 37.5 Å². The van der Waals surface area contributed by atoms with Crippen molar-refractivity contribution in [3.05, 3.63) is 0 Å². The first-order valence-corrected chi connectivity index (χ1v) is 6.70. The summed E-state index contributed by atoms with van der Waals surface area (Å²) < 4.78 is 5.07. The van der Waals surface area contributed by atoms with Gasteiger partial charge in [-0.15, -0.1) is 0 Å². The summed E-state index contributed by atoms with van der Waals surface area (Å²) in [4.78, 5) is 12.3. The van der Waals surface area contributed by atoms with Gasteiger partial charge in [-0.25, -0.2) is 0 Å². The van der Waals surface area contributed by atoms with E-state index in [-0.39, 0.29) is 12.1 Å². The van der Waals surface area contributed by atoms with Crippen LogP contribution >= 0.6 is 0 Å². The second kappa shape index (κ2) is 11.3. The molecule has 0 amide bonds. The lowest BCUT2D eigenvalue weighted by Gasteiger charge is -2.25. The van der Waals surface area contributed by atoms with E-state index in [2.05, 4.69) is 10.2 Å². The highest BCUT2D eigenvalue weighted by Gasteiger charge is 2.19. The third-order valence-corrected chi connectivity index (χ3v) is 3.33. The molecule has 19 heavy (non-hydrogen) atoms. The third-order valence-electron chi connectivity index (χ3n) is 3.33. The Labute approximate surface area is 115 Å². The number of carbonyl (C=O) groups is 1. The molecule has 2 heterocycles. The highest BCUT2D eigenvalue weighted by Crippen LogP contribution is 2.11. The van der Waals surface area contributed by atoms with Crippen LogP contribution in [-0.4, -0.2) is 80.6 Å². The molecule has 0 aromatic heterocycles. The van der Waals surface area contributed by atoms with Crippen molar-refractivity contribution in [1.82, 2.24) is 10.2 Å². The standard InChI is InChI=1S/C6H13NO2.C6H11NO.CH4O/c1-7-5-2-6(8)4-9-3-5;1-7-4-2-3-6(7)5-8;1-2/h5-8H,2-4H2,1H3;5-6H,2-4H2,1H3;2H,1H3.